The second-order valence-corrected chi connectivity index (χ2v) is 4.49. The molecule has 2 aromatic heterocycles. The third kappa shape index (κ3) is 1.10. The van der Waals surface area contributed by atoms with E-state index in [0.29, 0.717) is 5.92 Å². The van der Waals surface area contributed by atoms with E-state index in [9.17, 15) is 0 Å². The Morgan fingerprint density at radius 1 is 1.36 bits per heavy atom. The molecule has 1 atom stereocenters. The molecule has 1 fully saturated rings. The van der Waals surface area contributed by atoms with Crippen molar-refractivity contribution in [3.8, 4) is 0 Å². The first-order valence-corrected chi connectivity index (χ1v) is 5.66. The number of rotatable bonds is 1. The molecule has 3 rings (SSSR count). The third-order valence-corrected chi connectivity index (χ3v) is 3.66. The molecule has 2 heterocycles. The summed E-state index contributed by atoms with van der Waals surface area (Å²) in [6.45, 7) is 0. The smallest absolute Gasteiger partial charge is 0.137 e. The zero-order valence-corrected chi connectivity index (χ0v) is 9.13. The van der Waals surface area contributed by atoms with E-state index in [0.717, 1.165) is 5.65 Å². The molecular formula is C11H13N2P. The summed E-state index contributed by atoms with van der Waals surface area (Å²) in [5.41, 5.74) is 3.59. The summed E-state index contributed by atoms with van der Waals surface area (Å²) in [6.07, 6.45) is 6.06. The minimum atomic E-state index is 0.711. The van der Waals surface area contributed by atoms with E-state index in [1.54, 1.807) is 0 Å². The van der Waals surface area contributed by atoms with Crippen molar-refractivity contribution in [1.82, 2.24) is 9.38 Å². The van der Waals surface area contributed by atoms with E-state index in [-0.39, 0.29) is 0 Å². The van der Waals surface area contributed by atoms with Gasteiger partial charge in [0, 0.05) is 12.1 Å². The molecule has 0 aromatic carbocycles. The van der Waals surface area contributed by atoms with Gasteiger partial charge in [-0.2, -0.15) is 0 Å². The van der Waals surface area contributed by atoms with E-state index in [2.05, 4.69) is 30.9 Å². The van der Waals surface area contributed by atoms with Gasteiger partial charge in [-0.1, -0.05) is 21.7 Å². The van der Waals surface area contributed by atoms with Crippen LogP contribution in [0.4, 0.5) is 0 Å². The molecule has 0 N–H and O–H groups in total. The molecule has 0 spiro atoms. The maximum atomic E-state index is 4.68. The Hall–Kier alpha value is -0.880. The van der Waals surface area contributed by atoms with E-state index < -0.39 is 0 Å². The van der Waals surface area contributed by atoms with Gasteiger partial charge in [0.15, 0.2) is 0 Å². The van der Waals surface area contributed by atoms with Crippen LogP contribution in [0.2, 0.25) is 0 Å². The Morgan fingerprint density at radius 2 is 2.21 bits per heavy atom. The van der Waals surface area contributed by atoms with Crippen molar-refractivity contribution in [2.24, 2.45) is 0 Å². The Morgan fingerprint density at radius 3 is 2.86 bits per heavy atom. The summed E-state index contributed by atoms with van der Waals surface area (Å²) >= 11 is 0. The van der Waals surface area contributed by atoms with Crippen LogP contribution in [0.25, 0.3) is 5.65 Å². The Kier molecular flexibility index (Phi) is 1.84. The fourth-order valence-electron chi connectivity index (χ4n) is 2.02. The quantitative estimate of drug-likeness (QED) is 0.650. The lowest BCUT2D eigenvalue weighted by molar-refractivity contribution is 0.414. The summed E-state index contributed by atoms with van der Waals surface area (Å²) in [6, 6.07) is 6.15. The van der Waals surface area contributed by atoms with Crippen molar-refractivity contribution in [2.45, 2.75) is 25.2 Å². The largest absolute Gasteiger partial charge is 0.300 e. The van der Waals surface area contributed by atoms with Gasteiger partial charge in [-0.3, -0.25) is 0 Å². The van der Waals surface area contributed by atoms with Crippen LogP contribution in [0.1, 0.15) is 30.9 Å². The van der Waals surface area contributed by atoms with Crippen LogP contribution in [0.3, 0.4) is 0 Å². The normalized spacial score (nSPS) is 17.2. The fraction of sp³-hybridized carbons (Fsp3) is 0.364. The van der Waals surface area contributed by atoms with E-state index >= 15 is 0 Å². The zero-order valence-electron chi connectivity index (χ0n) is 7.98. The van der Waals surface area contributed by atoms with Crippen molar-refractivity contribution in [3.05, 3.63) is 30.1 Å². The van der Waals surface area contributed by atoms with Gasteiger partial charge >= 0.3 is 0 Å². The third-order valence-electron chi connectivity index (χ3n) is 3.09. The second kappa shape index (κ2) is 3.06. The summed E-state index contributed by atoms with van der Waals surface area (Å²) in [7, 11) is 2.82. The number of pyridine rings is 1. The standard InChI is InChI=1S/C11H13N2P/c14-11-10(8-4-3-5-8)12-9-6-1-2-7-13(9)11/h1-2,6-8H,3-5,14H2. The molecule has 1 aliphatic rings. The number of hydrogen-bond acceptors (Lipinski definition) is 1. The molecule has 1 saturated carbocycles. The average molecular weight is 204 g/mol. The van der Waals surface area contributed by atoms with Crippen LogP contribution in [0.15, 0.2) is 24.4 Å². The van der Waals surface area contributed by atoms with Gasteiger partial charge in [-0.15, -0.1) is 0 Å². The molecule has 72 valence electrons. The summed E-state index contributed by atoms with van der Waals surface area (Å²) in [4.78, 5) is 4.68. The van der Waals surface area contributed by atoms with Gasteiger partial charge in [0.2, 0.25) is 0 Å². The van der Waals surface area contributed by atoms with Gasteiger partial charge < -0.3 is 4.40 Å². The number of fused-ring (bicyclic) bond motifs is 1. The van der Waals surface area contributed by atoms with Crippen LogP contribution in [0, 0.1) is 0 Å². The highest BCUT2D eigenvalue weighted by atomic mass is 31.0. The van der Waals surface area contributed by atoms with Gasteiger partial charge in [0.05, 0.1) is 11.1 Å². The molecule has 0 aliphatic heterocycles. The molecule has 1 unspecified atom stereocenters. The molecule has 14 heavy (non-hydrogen) atoms. The lowest BCUT2D eigenvalue weighted by Crippen LogP contribution is -2.16. The highest BCUT2D eigenvalue weighted by Crippen LogP contribution is 2.35. The average Bonchev–Trinajstić information content (AvgIpc) is 2.43. The molecule has 0 saturated heterocycles. The molecule has 3 heteroatoms. The van der Waals surface area contributed by atoms with Crippen LogP contribution < -0.4 is 5.44 Å². The monoisotopic (exact) mass is 204 g/mol. The topological polar surface area (TPSA) is 17.3 Å². The van der Waals surface area contributed by atoms with Crippen molar-refractivity contribution in [3.63, 3.8) is 0 Å². The number of nitrogens with zero attached hydrogens (tertiary/aromatic N) is 2. The highest BCUT2D eigenvalue weighted by Gasteiger charge is 2.24. The molecular weight excluding hydrogens is 191 g/mol. The maximum absolute atomic E-state index is 4.68. The predicted molar refractivity (Wildman–Crippen MR) is 61.1 cm³/mol. The molecule has 1 aliphatic carbocycles. The second-order valence-electron chi connectivity index (χ2n) is 3.94. The first kappa shape index (κ1) is 8.43. The van der Waals surface area contributed by atoms with Crippen LogP contribution in [-0.2, 0) is 0 Å². The van der Waals surface area contributed by atoms with Crippen molar-refractivity contribution >= 4 is 20.3 Å². The van der Waals surface area contributed by atoms with Gasteiger partial charge in [0.1, 0.15) is 5.65 Å². The molecule has 2 aromatic rings. The van der Waals surface area contributed by atoms with Crippen molar-refractivity contribution in [1.29, 1.82) is 0 Å². The van der Waals surface area contributed by atoms with E-state index in [4.69, 9.17) is 0 Å². The lowest BCUT2D eigenvalue weighted by atomic mass is 9.83. The summed E-state index contributed by atoms with van der Waals surface area (Å²) in [5.74, 6) is 0.711. The highest BCUT2D eigenvalue weighted by molar-refractivity contribution is 7.27. The summed E-state index contributed by atoms with van der Waals surface area (Å²) < 4.78 is 2.15. The lowest BCUT2D eigenvalue weighted by Gasteiger charge is -2.23. The SMILES string of the molecule is Pc1c(C2CCC2)nc2ccccn12. The van der Waals surface area contributed by atoms with E-state index in [1.165, 1.54) is 30.4 Å². The number of aromatic nitrogens is 2. The zero-order chi connectivity index (χ0) is 9.54. The van der Waals surface area contributed by atoms with Crippen molar-refractivity contribution < 1.29 is 0 Å². The fourth-order valence-corrected chi connectivity index (χ4v) is 2.53. The van der Waals surface area contributed by atoms with E-state index in [1.807, 2.05) is 12.1 Å². The molecule has 2 nitrogen and oxygen atoms in total. The maximum Gasteiger partial charge on any atom is 0.137 e. The van der Waals surface area contributed by atoms with Crippen LogP contribution >= 0.6 is 9.24 Å². The van der Waals surface area contributed by atoms with Crippen molar-refractivity contribution in [2.75, 3.05) is 0 Å². The Bertz CT molecular complexity index is 471. The minimum Gasteiger partial charge on any atom is -0.300 e. The molecule has 0 amide bonds. The summed E-state index contributed by atoms with van der Waals surface area (Å²) in [5, 5.41) is 0. The minimum absolute atomic E-state index is 0.711. The molecule has 0 bridgehead atoms. The predicted octanol–water partition coefficient (Wildman–Crippen LogP) is 2.10. The Balaban J connectivity index is 2.19. The molecule has 0 radical (unpaired) electrons. The van der Waals surface area contributed by atoms with Gasteiger partial charge in [-0.25, -0.2) is 4.98 Å². The number of imidazole rings is 1. The Labute approximate surface area is 85.6 Å². The van der Waals surface area contributed by atoms with Gasteiger partial charge in [-0.05, 0) is 25.0 Å². The number of hydrogen-bond donors (Lipinski definition) is 0. The van der Waals surface area contributed by atoms with Gasteiger partial charge in [0.25, 0.3) is 0 Å². The first-order valence-electron chi connectivity index (χ1n) is 5.09. The first-order chi connectivity index (χ1) is 6.86. The van der Waals surface area contributed by atoms with Crippen LogP contribution in [0.5, 0.6) is 0 Å². The van der Waals surface area contributed by atoms with Crippen LogP contribution in [-0.4, -0.2) is 9.38 Å².